The number of hydrogen-bond acceptors (Lipinski definition) is 4. The van der Waals surface area contributed by atoms with Crippen molar-refractivity contribution in [2.24, 2.45) is 5.73 Å². The van der Waals surface area contributed by atoms with Crippen LogP contribution in [-0.2, 0) is 10.2 Å². The van der Waals surface area contributed by atoms with E-state index in [0.717, 1.165) is 23.5 Å². The molecule has 1 aliphatic heterocycles. The molecule has 0 unspecified atom stereocenters. The third kappa shape index (κ3) is 1.95. The number of hydrogen-bond donors (Lipinski definition) is 1. The van der Waals surface area contributed by atoms with Gasteiger partial charge in [-0.2, -0.15) is 0 Å². The fourth-order valence-corrected chi connectivity index (χ4v) is 2.63. The maximum absolute atomic E-state index is 5.73. The van der Waals surface area contributed by atoms with Gasteiger partial charge in [0.05, 0.1) is 27.4 Å². The molecule has 1 saturated heterocycles. The largest absolute Gasteiger partial charge is 0.496 e. The molecular weight excluding hydrogens is 230 g/mol. The minimum Gasteiger partial charge on any atom is -0.496 e. The van der Waals surface area contributed by atoms with Gasteiger partial charge in [-0.05, 0) is 26.0 Å². The van der Waals surface area contributed by atoms with E-state index in [4.69, 9.17) is 19.9 Å². The van der Waals surface area contributed by atoms with Gasteiger partial charge in [-0.1, -0.05) is 6.07 Å². The molecular formula is C14H21NO3. The lowest BCUT2D eigenvalue weighted by molar-refractivity contribution is -0.0640. The van der Waals surface area contributed by atoms with Gasteiger partial charge in [-0.15, -0.1) is 0 Å². The summed E-state index contributed by atoms with van der Waals surface area (Å²) >= 11 is 0. The van der Waals surface area contributed by atoms with E-state index in [9.17, 15) is 0 Å². The molecule has 4 heteroatoms. The summed E-state index contributed by atoms with van der Waals surface area (Å²) in [5, 5.41) is 0. The average Bonchev–Trinajstić information content (AvgIpc) is 2.33. The topological polar surface area (TPSA) is 53.7 Å². The number of benzene rings is 1. The Balaban J connectivity index is 2.47. The van der Waals surface area contributed by atoms with E-state index >= 15 is 0 Å². The SMILES string of the molecule is COc1ccc(C2(CCN)COC2)c(OC)c1C. The number of methoxy groups -OCH3 is 2. The van der Waals surface area contributed by atoms with Crippen molar-refractivity contribution in [2.45, 2.75) is 18.8 Å². The molecule has 0 aliphatic carbocycles. The van der Waals surface area contributed by atoms with Crippen molar-refractivity contribution < 1.29 is 14.2 Å². The first kappa shape index (κ1) is 13.2. The Kier molecular flexibility index (Phi) is 3.78. The predicted molar refractivity (Wildman–Crippen MR) is 70.5 cm³/mol. The fourth-order valence-electron chi connectivity index (χ4n) is 2.63. The van der Waals surface area contributed by atoms with Gasteiger partial charge in [0.2, 0.25) is 0 Å². The highest BCUT2D eigenvalue weighted by Gasteiger charge is 2.42. The van der Waals surface area contributed by atoms with Crippen molar-refractivity contribution in [3.05, 3.63) is 23.3 Å². The molecule has 0 bridgehead atoms. The van der Waals surface area contributed by atoms with Crippen LogP contribution in [0.15, 0.2) is 12.1 Å². The summed E-state index contributed by atoms with van der Waals surface area (Å²) in [6.07, 6.45) is 0.912. The van der Waals surface area contributed by atoms with Crippen molar-refractivity contribution in [3.63, 3.8) is 0 Å². The zero-order valence-corrected chi connectivity index (χ0v) is 11.3. The minimum absolute atomic E-state index is 0.0110. The van der Waals surface area contributed by atoms with Gasteiger partial charge in [0, 0.05) is 16.5 Å². The van der Waals surface area contributed by atoms with Gasteiger partial charge in [0.1, 0.15) is 11.5 Å². The summed E-state index contributed by atoms with van der Waals surface area (Å²) in [6, 6.07) is 4.06. The molecule has 1 heterocycles. The van der Waals surface area contributed by atoms with Crippen LogP contribution in [0.1, 0.15) is 17.5 Å². The van der Waals surface area contributed by atoms with Gasteiger partial charge in [-0.3, -0.25) is 0 Å². The van der Waals surface area contributed by atoms with Crippen LogP contribution in [0.5, 0.6) is 11.5 Å². The van der Waals surface area contributed by atoms with Crippen LogP contribution in [0.25, 0.3) is 0 Å². The van der Waals surface area contributed by atoms with Crippen molar-refractivity contribution in [2.75, 3.05) is 34.0 Å². The van der Waals surface area contributed by atoms with E-state index in [1.165, 1.54) is 5.56 Å². The highest BCUT2D eigenvalue weighted by atomic mass is 16.5. The second-order valence-electron chi connectivity index (χ2n) is 4.79. The molecule has 0 saturated carbocycles. The second-order valence-corrected chi connectivity index (χ2v) is 4.79. The number of rotatable bonds is 5. The van der Waals surface area contributed by atoms with Crippen LogP contribution >= 0.6 is 0 Å². The summed E-state index contributed by atoms with van der Waals surface area (Å²) < 4.78 is 16.3. The van der Waals surface area contributed by atoms with Crippen LogP contribution in [0.3, 0.4) is 0 Å². The Morgan fingerprint density at radius 1 is 1.28 bits per heavy atom. The van der Waals surface area contributed by atoms with E-state index < -0.39 is 0 Å². The van der Waals surface area contributed by atoms with Gasteiger partial charge in [0.15, 0.2) is 0 Å². The first-order valence-corrected chi connectivity index (χ1v) is 6.18. The molecule has 1 aliphatic rings. The Morgan fingerprint density at radius 2 is 2.00 bits per heavy atom. The lowest BCUT2D eigenvalue weighted by Crippen LogP contribution is -2.48. The molecule has 2 rings (SSSR count). The van der Waals surface area contributed by atoms with Gasteiger partial charge >= 0.3 is 0 Å². The van der Waals surface area contributed by atoms with Crippen molar-refractivity contribution in [1.82, 2.24) is 0 Å². The van der Waals surface area contributed by atoms with Crippen LogP contribution in [0, 0.1) is 6.92 Å². The van der Waals surface area contributed by atoms with E-state index in [1.54, 1.807) is 14.2 Å². The third-order valence-electron chi connectivity index (χ3n) is 3.73. The minimum atomic E-state index is 0.0110. The lowest BCUT2D eigenvalue weighted by atomic mass is 9.75. The van der Waals surface area contributed by atoms with E-state index in [2.05, 4.69) is 6.07 Å². The maximum atomic E-state index is 5.73. The molecule has 18 heavy (non-hydrogen) atoms. The number of ether oxygens (including phenoxy) is 3. The summed E-state index contributed by atoms with van der Waals surface area (Å²) in [5.41, 5.74) is 7.95. The summed E-state index contributed by atoms with van der Waals surface area (Å²) in [7, 11) is 3.37. The van der Waals surface area contributed by atoms with Crippen molar-refractivity contribution in [3.8, 4) is 11.5 Å². The summed E-state index contributed by atoms with van der Waals surface area (Å²) in [4.78, 5) is 0. The standard InChI is InChI=1S/C14H21NO3/c1-10-12(16-2)5-4-11(13(10)17-3)14(6-7-15)8-18-9-14/h4-5H,6-9,15H2,1-3H3. The Bertz CT molecular complexity index is 427. The highest BCUT2D eigenvalue weighted by Crippen LogP contribution is 2.43. The first-order valence-electron chi connectivity index (χ1n) is 6.18. The normalized spacial score (nSPS) is 17.1. The molecule has 0 aromatic heterocycles. The molecule has 2 N–H and O–H groups in total. The maximum Gasteiger partial charge on any atom is 0.129 e. The zero-order valence-electron chi connectivity index (χ0n) is 11.3. The van der Waals surface area contributed by atoms with Crippen LogP contribution in [0.4, 0.5) is 0 Å². The highest BCUT2D eigenvalue weighted by molar-refractivity contribution is 5.53. The summed E-state index contributed by atoms with van der Waals surface area (Å²) in [6.45, 7) is 4.09. The Hall–Kier alpha value is -1.26. The van der Waals surface area contributed by atoms with Gasteiger partial charge in [-0.25, -0.2) is 0 Å². The quantitative estimate of drug-likeness (QED) is 0.864. The first-order chi connectivity index (χ1) is 8.68. The molecule has 0 amide bonds. The lowest BCUT2D eigenvalue weighted by Gasteiger charge is -2.42. The Labute approximate surface area is 108 Å². The van der Waals surface area contributed by atoms with E-state index in [-0.39, 0.29) is 5.41 Å². The predicted octanol–water partition coefficient (Wildman–Crippen LogP) is 1.63. The van der Waals surface area contributed by atoms with Crippen molar-refractivity contribution in [1.29, 1.82) is 0 Å². The molecule has 1 aromatic rings. The van der Waals surface area contributed by atoms with Gasteiger partial charge in [0.25, 0.3) is 0 Å². The van der Waals surface area contributed by atoms with E-state index in [0.29, 0.717) is 19.8 Å². The number of nitrogens with two attached hydrogens (primary N) is 1. The smallest absolute Gasteiger partial charge is 0.129 e. The Morgan fingerprint density at radius 3 is 2.44 bits per heavy atom. The van der Waals surface area contributed by atoms with Gasteiger partial charge < -0.3 is 19.9 Å². The molecule has 1 aromatic carbocycles. The van der Waals surface area contributed by atoms with Crippen LogP contribution < -0.4 is 15.2 Å². The van der Waals surface area contributed by atoms with E-state index in [1.807, 2.05) is 13.0 Å². The van der Waals surface area contributed by atoms with Crippen LogP contribution in [-0.4, -0.2) is 34.0 Å². The van der Waals surface area contributed by atoms with Crippen LogP contribution in [0.2, 0.25) is 0 Å². The molecule has 0 atom stereocenters. The average molecular weight is 251 g/mol. The monoisotopic (exact) mass is 251 g/mol. The van der Waals surface area contributed by atoms with Crippen molar-refractivity contribution >= 4 is 0 Å². The molecule has 1 fully saturated rings. The molecule has 0 radical (unpaired) electrons. The fraction of sp³-hybridized carbons (Fsp3) is 0.571. The molecule has 100 valence electrons. The second kappa shape index (κ2) is 5.16. The third-order valence-corrected chi connectivity index (χ3v) is 3.73. The summed E-state index contributed by atoms with van der Waals surface area (Å²) in [5.74, 6) is 1.74. The molecule has 0 spiro atoms. The molecule has 4 nitrogen and oxygen atoms in total. The zero-order chi connectivity index (χ0) is 13.2.